The molecule has 0 amide bonds. The third-order valence-corrected chi connectivity index (χ3v) is 28.3. The quantitative estimate of drug-likeness (QED) is 0.0867. The van der Waals surface area contributed by atoms with Crippen molar-refractivity contribution in [3.05, 3.63) is 460 Å². The van der Waals surface area contributed by atoms with E-state index in [4.69, 9.17) is 19.7 Å². The molecule has 0 unspecified atom stereocenters. The third-order valence-electron chi connectivity index (χ3n) is 28.3. The van der Waals surface area contributed by atoms with Gasteiger partial charge in [-0.25, -0.2) is 15.0 Å². The summed E-state index contributed by atoms with van der Waals surface area (Å²) in [6, 6.07) is 127. The minimum absolute atomic E-state index is 0. The predicted molar refractivity (Wildman–Crippen MR) is 614 cm³/mol. The average Bonchev–Trinajstić information content (AvgIpc) is 1.59. The molecule has 0 bridgehead atoms. The van der Waals surface area contributed by atoms with E-state index in [9.17, 15) is 0 Å². The van der Waals surface area contributed by atoms with Gasteiger partial charge in [-0.2, -0.15) is 77.9 Å². The SMILES string of the molecule is CC(C)(C)c1cc(N2C=CN(c3[c-]c(C(C)(C)c4[c-]c5c(cc4)c4ccccc4n5-c4cc(C(C)(C)C)ccn4)ccc3)[CH-]2)cc(C(C)(C)C)c1.CC(C)(C)c1ccc(N2C=CN(c3[c-]c(N(c4[c-]c5c(cc4)c4ccccc4n5-c4cc(C(C)(C)C)ccn4)c4ccccc4)ccc3)[CH-]2)cc1.CC(C)(C)c1cccc(N2C=CN(c3[c-]c(Oc4[c-]c5c(cc4)c4ccccc4n5-c4cc(C(C)(C)C)ccn4)ccc3)[CH-]2)c1.[Pt].[Pt].[Pt]. The number of benzene rings is 13. The van der Waals surface area contributed by atoms with Crippen LogP contribution in [0.2, 0.25) is 0 Å². The standard InChI is InChI=1S/C47H51N4.C46H42N5.C40H37N4O.3Pt/c1-44(2,3)32-21-22-48-43(30-32)51-41-18-13-12-17-39(41)40-20-19-34(29-42(40)51)47(10,11)33-15-14-16-37(26-33)49-23-24-50(31-49)38-27-35(45(4,5)6)25-36(28-38)46(7,8)9;1-45(2,3)33-19-21-35(22-20-33)48-27-28-49(32-48)37-15-12-16-38(30-37)50(36-13-8-7-9-14-36)39-23-24-41-40-17-10-11-18-42(40)51(43(41)31-39)44-29-34(25-26-47-44)46(4,5)6;1-39(2,3)28-11-9-12-30(23-28)42-21-22-43(27-42)31-13-10-14-32(25-31)45-33-17-18-35-34-15-7-8-16-36(34)44(37(35)26-33)38-24-29(19-20-41-38)40(4,5)6;;;/h12-25,27-28,30-31H,1-11H3;7-29,32H,1-6H3;7-24,27H,1-6H3;;;/q3*-3;;;. The first-order valence-corrected chi connectivity index (χ1v) is 51.1. The zero-order chi connectivity index (χ0) is 103. The molecule has 6 aromatic heterocycles. The van der Waals surface area contributed by atoms with Crippen LogP contribution < -0.4 is 39.0 Å². The van der Waals surface area contributed by atoms with Crippen molar-refractivity contribution >= 4 is 117 Å². The van der Waals surface area contributed by atoms with Crippen LogP contribution in [0, 0.1) is 56.4 Å². The summed E-state index contributed by atoms with van der Waals surface area (Å²) in [6.45, 7) is 58.1. The second kappa shape index (κ2) is 42.3. The zero-order valence-electron chi connectivity index (χ0n) is 89.9. The second-order valence-electron chi connectivity index (χ2n) is 46.6. The number of para-hydroxylation sites is 4. The van der Waals surface area contributed by atoms with Crippen LogP contribution in [0.15, 0.2) is 353 Å². The van der Waals surface area contributed by atoms with Gasteiger partial charge in [0.2, 0.25) is 0 Å². The van der Waals surface area contributed by atoms with E-state index in [0.29, 0.717) is 11.5 Å². The van der Waals surface area contributed by atoms with Crippen LogP contribution in [0.4, 0.5) is 51.2 Å². The number of hydrogen-bond acceptors (Lipinski definition) is 11. The maximum Gasteiger partial charge on any atom is 0.135 e. The minimum atomic E-state index is -0.363. The molecule has 13 aromatic carbocycles. The molecule has 0 aliphatic carbocycles. The van der Waals surface area contributed by atoms with E-state index in [0.717, 1.165) is 123 Å². The molecular formula is C133H130N13OPt3-9. The Labute approximate surface area is 930 Å². The maximum atomic E-state index is 6.39. The number of pyridine rings is 3. The van der Waals surface area contributed by atoms with Gasteiger partial charge in [0, 0.05) is 133 Å². The number of aromatic nitrogens is 6. The molecular weight excluding hydrogens is 2380 g/mol. The monoisotopic (exact) mass is 2510 g/mol. The van der Waals surface area contributed by atoms with Crippen LogP contribution in [-0.4, -0.2) is 28.7 Å². The van der Waals surface area contributed by atoms with Gasteiger partial charge in [-0.05, 0) is 239 Å². The fourth-order valence-corrected chi connectivity index (χ4v) is 19.4. The molecule has 22 rings (SSSR count). The van der Waals surface area contributed by atoms with Crippen LogP contribution >= 0.6 is 0 Å². The smallest absolute Gasteiger partial charge is 0.135 e. The summed E-state index contributed by atoms with van der Waals surface area (Å²) < 4.78 is 13.1. The van der Waals surface area contributed by atoms with Crippen LogP contribution in [-0.2, 0) is 107 Å². The molecule has 772 valence electrons. The van der Waals surface area contributed by atoms with Crippen molar-refractivity contribution in [3.8, 4) is 29.0 Å². The molecule has 0 atom stereocenters. The molecule has 0 N–H and O–H groups in total. The Morgan fingerprint density at radius 2 is 0.613 bits per heavy atom. The predicted octanol–water partition coefficient (Wildman–Crippen LogP) is 33.8. The van der Waals surface area contributed by atoms with Crippen LogP contribution in [0.3, 0.4) is 0 Å². The van der Waals surface area contributed by atoms with Crippen molar-refractivity contribution in [2.75, 3.05) is 34.3 Å². The summed E-state index contributed by atoms with van der Waals surface area (Å²) in [5.41, 5.74) is 26.5. The van der Waals surface area contributed by atoms with Gasteiger partial charge in [-0.3, -0.25) is 0 Å². The molecule has 9 heterocycles. The second-order valence-corrected chi connectivity index (χ2v) is 46.6. The molecule has 17 heteroatoms. The number of anilines is 9. The molecule has 150 heavy (non-hydrogen) atoms. The normalized spacial score (nSPS) is 13.6. The Bertz CT molecular complexity index is 8230. The largest absolute Gasteiger partial charge is 0.509 e. The van der Waals surface area contributed by atoms with E-state index in [1.165, 1.54) is 60.8 Å². The molecule has 0 spiro atoms. The van der Waals surface area contributed by atoms with E-state index in [-0.39, 0.29) is 107 Å². The first-order valence-electron chi connectivity index (χ1n) is 51.1. The summed E-state index contributed by atoms with van der Waals surface area (Å²) in [5, 5.41) is 6.94. The van der Waals surface area contributed by atoms with E-state index >= 15 is 0 Å². The van der Waals surface area contributed by atoms with E-state index < -0.39 is 0 Å². The summed E-state index contributed by atoms with van der Waals surface area (Å²) in [4.78, 5) is 29.6. The van der Waals surface area contributed by atoms with Crippen LogP contribution in [0.1, 0.15) is 209 Å². The van der Waals surface area contributed by atoms with E-state index in [1.54, 1.807) is 0 Å². The Morgan fingerprint density at radius 3 is 1.10 bits per heavy atom. The molecule has 19 aromatic rings. The molecule has 0 radical (unpaired) electrons. The third kappa shape index (κ3) is 22.3. The van der Waals surface area contributed by atoms with Crippen LogP contribution in [0.5, 0.6) is 11.5 Å². The Balaban J connectivity index is 0.000000152. The molecule has 0 saturated heterocycles. The Morgan fingerprint density at radius 1 is 0.247 bits per heavy atom. The fraction of sp³-hybridized carbons (Fsp3) is 0.233. The summed E-state index contributed by atoms with van der Waals surface area (Å²) in [6.07, 6.45) is 18.3. The number of hydrogen-bond donors (Lipinski definition) is 0. The molecule has 3 aliphatic heterocycles. The molecule has 14 nitrogen and oxygen atoms in total. The fourth-order valence-electron chi connectivity index (χ4n) is 19.4. The maximum absolute atomic E-state index is 6.39. The van der Waals surface area contributed by atoms with Gasteiger partial charge in [0.1, 0.15) is 17.5 Å². The summed E-state index contributed by atoms with van der Waals surface area (Å²) in [5.74, 6) is 3.90. The number of rotatable bonds is 16. The van der Waals surface area contributed by atoms with Gasteiger partial charge >= 0.3 is 0 Å². The van der Waals surface area contributed by atoms with Crippen molar-refractivity contribution in [3.63, 3.8) is 0 Å². The van der Waals surface area contributed by atoms with Gasteiger partial charge in [-0.1, -0.05) is 290 Å². The van der Waals surface area contributed by atoms with Gasteiger partial charge in [0.05, 0.1) is 0 Å². The number of nitrogens with zero attached hydrogens (tertiary/aromatic N) is 13. The topological polar surface area (TPSA) is 85.4 Å². The van der Waals surface area contributed by atoms with E-state index in [1.807, 2.05) is 55.1 Å². The van der Waals surface area contributed by atoms with E-state index in [2.05, 4.69) is 562 Å². The Hall–Kier alpha value is -13.6. The minimum Gasteiger partial charge on any atom is -0.509 e. The van der Waals surface area contributed by atoms with Gasteiger partial charge in [0.25, 0.3) is 0 Å². The molecule has 3 aliphatic rings. The van der Waals surface area contributed by atoms with Crippen LogP contribution in [0.25, 0.3) is 82.9 Å². The Kier molecular flexibility index (Phi) is 30.4. The van der Waals surface area contributed by atoms with Gasteiger partial charge in [0.15, 0.2) is 0 Å². The first kappa shape index (κ1) is 108. The molecule has 0 saturated carbocycles. The molecule has 0 fully saturated rings. The van der Waals surface area contributed by atoms with Crippen molar-refractivity contribution in [2.45, 2.75) is 203 Å². The van der Waals surface area contributed by atoms with Gasteiger partial charge in [-0.15, -0.1) is 114 Å². The van der Waals surface area contributed by atoms with Crippen molar-refractivity contribution in [1.82, 2.24) is 28.7 Å². The van der Waals surface area contributed by atoms with Crippen molar-refractivity contribution < 1.29 is 67.9 Å². The summed E-state index contributed by atoms with van der Waals surface area (Å²) in [7, 11) is 0. The number of fused-ring (bicyclic) bond motifs is 9. The van der Waals surface area contributed by atoms with Gasteiger partial charge < -0.3 is 52.7 Å². The van der Waals surface area contributed by atoms with Crippen molar-refractivity contribution in [2.24, 2.45) is 0 Å². The van der Waals surface area contributed by atoms with Crippen molar-refractivity contribution in [1.29, 1.82) is 0 Å². The number of ether oxygens (including phenoxy) is 1. The zero-order valence-corrected chi connectivity index (χ0v) is 96.7. The average molecular weight is 2510 g/mol. The first-order chi connectivity index (χ1) is 70.0. The summed E-state index contributed by atoms with van der Waals surface area (Å²) >= 11 is 0.